The van der Waals surface area contributed by atoms with Crippen molar-refractivity contribution in [2.24, 2.45) is 11.8 Å². The standard InChI is InChI=1S/C9H14O2/c1-6-3-4-8(7(2)10)9(11)5-6/h6,8H,3-5H2,1-2H3/t6-,8-/m0/s1. The van der Waals surface area contributed by atoms with Crippen LogP contribution < -0.4 is 0 Å². The van der Waals surface area contributed by atoms with Gasteiger partial charge in [-0.05, 0) is 25.7 Å². The van der Waals surface area contributed by atoms with E-state index in [1.54, 1.807) is 0 Å². The molecule has 2 heteroatoms. The second-order valence-corrected chi connectivity index (χ2v) is 3.52. The Balaban J connectivity index is 2.58. The minimum atomic E-state index is -0.272. The van der Waals surface area contributed by atoms with E-state index in [4.69, 9.17) is 0 Å². The van der Waals surface area contributed by atoms with Gasteiger partial charge < -0.3 is 0 Å². The van der Waals surface area contributed by atoms with Gasteiger partial charge in [0.05, 0.1) is 5.92 Å². The van der Waals surface area contributed by atoms with E-state index in [1.165, 1.54) is 6.92 Å². The Kier molecular flexibility index (Phi) is 2.42. The maximum absolute atomic E-state index is 11.2. The molecule has 1 fully saturated rings. The first-order valence-corrected chi connectivity index (χ1v) is 4.14. The molecular formula is C9H14O2. The zero-order valence-electron chi connectivity index (χ0n) is 7.09. The summed E-state index contributed by atoms with van der Waals surface area (Å²) in [5.41, 5.74) is 0. The minimum Gasteiger partial charge on any atom is -0.299 e. The number of hydrogen-bond donors (Lipinski definition) is 0. The average molecular weight is 154 g/mol. The number of hydrogen-bond acceptors (Lipinski definition) is 2. The minimum absolute atomic E-state index is 0.0434. The number of carbonyl (C=O) groups excluding carboxylic acids is 2. The Labute approximate surface area is 67.0 Å². The predicted octanol–water partition coefficient (Wildman–Crippen LogP) is 1.58. The number of ketones is 2. The van der Waals surface area contributed by atoms with E-state index < -0.39 is 0 Å². The maximum Gasteiger partial charge on any atom is 0.143 e. The van der Waals surface area contributed by atoms with Crippen LogP contribution in [0.3, 0.4) is 0 Å². The summed E-state index contributed by atoms with van der Waals surface area (Å²) in [6.45, 7) is 3.58. The van der Waals surface area contributed by atoms with E-state index >= 15 is 0 Å². The smallest absolute Gasteiger partial charge is 0.143 e. The summed E-state index contributed by atoms with van der Waals surface area (Å²) >= 11 is 0. The van der Waals surface area contributed by atoms with Gasteiger partial charge in [-0.1, -0.05) is 6.92 Å². The Hall–Kier alpha value is -0.660. The van der Waals surface area contributed by atoms with Crippen molar-refractivity contribution in [3.05, 3.63) is 0 Å². The normalized spacial score (nSPS) is 32.0. The molecule has 0 aromatic rings. The summed E-state index contributed by atoms with van der Waals surface area (Å²) in [5, 5.41) is 0. The molecule has 0 bridgehead atoms. The van der Waals surface area contributed by atoms with Gasteiger partial charge in [0.1, 0.15) is 11.6 Å². The van der Waals surface area contributed by atoms with Crippen molar-refractivity contribution < 1.29 is 9.59 Å². The lowest BCUT2D eigenvalue weighted by Crippen LogP contribution is -2.28. The van der Waals surface area contributed by atoms with Crippen LogP contribution in [-0.4, -0.2) is 11.6 Å². The van der Waals surface area contributed by atoms with Crippen LogP contribution in [0.25, 0.3) is 0 Å². The first-order valence-electron chi connectivity index (χ1n) is 4.14. The van der Waals surface area contributed by atoms with Gasteiger partial charge in [-0.25, -0.2) is 0 Å². The van der Waals surface area contributed by atoms with Crippen molar-refractivity contribution in [1.82, 2.24) is 0 Å². The lowest BCUT2D eigenvalue weighted by molar-refractivity contribution is -0.134. The zero-order chi connectivity index (χ0) is 8.43. The highest BCUT2D eigenvalue weighted by Crippen LogP contribution is 2.25. The van der Waals surface area contributed by atoms with Gasteiger partial charge in [-0.3, -0.25) is 9.59 Å². The topological polar surface area (TPSA) is 34.1 Å². The van der Waals surface area contributed by atoms with E-state index in [0.717, 1.165) is 12.8 Å². The van der Waals surface area contributed by atoms with E-state index in [2.05, 4.69) is 6.92 Å². The highest BCUT2D eigenvalue weighted by Gasteiger charge is 2.28. The van der Waals surface area contributed by atoms with E-state index in [1.807, 2.05) is 0 Å². The van der Waals surface area contributed by atoms with Crippen LogP contribution in [0, 0.1) is 11.8 Å². The van der Waals surface area contributed by atoms with Crippen LogP contribution in [0.15, 0.2) is 0 Å². The predicted molar refractivity (Wildman–Crippen MR) is 42.2 cm³/mol. The number of carbonyl (C=O) groups is 2. The molecule has 0 unspecified atom stereocenters. The molecule has 0 aromatic carbocycles. The van der Waals surface area contributed by atoms with Crippen LogP contribution >= 0.6 is 0 Å². The summed E-state index contributed by atoms with van der Waals surface area (Å²) in [4.78, 5) is 22.1. The van der Waals surface area contributed by atoms with Crippen molar-refractivity contribution in [1.29, 1.82) is 0 Å². The molecule has 1 rings (SSSR count). The average Bonchev–Trinajstić information content (AvgIpc) is 1.85. The van der Waals surface area contributed by atoms with Crippen LogP contribution in [0.1, 0.15) is 33.1 Å². The van der Waals surface area contributed by atoms with Gasteiger partial charge in [-0.15, -0.1) is 0 Å². The van der Waals surface area contributed by atoms with Crippen LogP contribution in [0.5, 0.6) is 0 Å². The SMILES string of the molecule is CC(=O)[C@@H]1CC[C@H](C)CC1=O. The monoisotopic (exact) mass is 154 g/mol. The highest BCUT2D eigenvalue weighted by atomic mass is 16.1. The quantitative estimate of drug-likeness (QED) is 0.537. The molecule has 11 heavy (non-hydrogen) atoms. The molecule has 1 saturated carbocycles. The largest absolute Gasteiger partial charge is 0.299 e. The molecule has 0 aromatic heterocycles. The van der Waals surface area contributed by atoms with Crippen molar-refractivity contribution in [3.63, 3.8) is 0 Å². The summed E-state index contributed by atoms with van der Waals surface area (Å²) in [6, 6.07) is 0. The lowest BCUT2D eigenvalue weighted by Gasteiger charge is -2.22. The van der Waals surface area contributed by atoms with Gasteiger partial charge in [0, 0.05) is 6.42 Å². The fraction of sp³-hybridized carbons (Fsp3) is 0.778. The van der Waals surface area contributed by atoms with Crippen LogP contribution in [0.2, 0.25) is 0 Å². The van der Waals surface area contributed by atoms with Gasteiger partial charge in [0.15, 0.2) is 0 Å². The van der Waals surface area contributed by atoms with Gasteiger partial charge >= 0.3 is 0 Å². The lowest BCUT2D eigenvalue weighted by atomic mass is 9.80. The third kappa shape index (κ3) is 1.88. The summed E-state index contributed by atoms with van der Waals surface area (Å²) in [6.07, 6.45) is 2.40. The van der Waals surface area contributed by atoms with Crippen LogP contribution in [-0.2, 0) is 9.59 Å². The van der Waals surface area contributed by atoms with E-state index in [0.29, 0.717) is 12.3 Å². The molecular weight excluding hydrogens is 140 g/mol. The summed E-state index contributed by atoms with van der Waals surface area (Å²) in [5.74, 6) is 0.405. The third-order valence-corrected chi connectivity index (χ3v) is 2.38. The highest BCUT2D eigenvalue weighted by molar-refractivity contribution is 6.01. The van der Waals surface area contributed by atoms with Crippen molar-refractivity contribution in [2.45, 2.75) is 33.1 Å². The molecule has 0 spiro atoms. The van der Waals surface area contributed by atoms with Crippen molar-refractivity contribution in [3.8, 4) is 0 Å². The Morgan fingerprint density at radius 1 is 1.45 bits per heavy atom. The third-order valence-electron chi connectivity index (χ3n) is 2.38. The summed E-state index contributed by atoms with van der Waals surface area (Å²) < 4.78 is 0. The number of Topliss-reactive ketones (excluding diaryl/α,β-unsaturated/α-hetero) is 2. The number of rotatable bonds is 1. The Morgan fingerprint density at radius 2 is 2.09 bits per heavy atom. The Morgan fingerprint density at radius 3 is 2.55 bits per heavy atom. The second-order valence-electron chi connectivity index (χ2n) is 3.52. The van der Waals surface area contributed by atoms with Gasteiger partial charge in [0.25, 0.3) is 0 Å². The first kappa shape index (κ1) is 8.44. The maximum atomic E-state index is 11.2. The molecule has 0 heterocycles. The zero-order valence-corrected chi connectivity index (χ0v) is 7.09. The molecule has 0 saturated heterocycles. The molecule has 2 atom stereocenters. The molecule has 0 aliphatic heterocycles. The second kappa shape index (κ2) is 3.16. The molecule has 1 aliphatic carbocycles. The molecule has 2 nitrogen and oxygen atoms in total. The molecule has 1 aliphatic rings. The van der Waals surface area contributed by atoms with Crippen LogP contribution in [0.4, 0.5) is 0 Å². The van der Waals surface area contributed by atoms with Crippen molar-refractivity contribution in [2.75, 3.05) is 0 Å². The fourth-order valence-corrected chi connectivity index (χ4v) is 1.63. The van der Waals surface area contributed by atoms with Crippen molar-refractivity contribution >= 4 is 11.6 Å². The van der Waals surface area contributed by atoms with E-state index in [9.17, 15) is 9.59 Å². The summed E-state index contributed by atoms with van der Waals surface area (Å²) in [7, 11) is 0. The molecule has 62 valence electrons. The Bertz CT molecular complexity index is 184. The first-order chi connectivity index (χ1) is 5.11. The molecule has 0 N–H and O–H groups in total. The van der Waals surface area contributed by atoms with Gasteiger partial charge in [-0.2, -0.15) is 0 Å². The van der Waals surface area contributed by atoms with Gasteiger partial charge in [0.2, 0.25) is 0 Å². The fourth-order valence-electron chi connectivity index (χ4n) is 1.63. The molecule has 0 amide bonds. The van der Waals surface area contributed by atoms with E-state index in [-0.39, 0.29) is 17.5 Å². The molecule has 0 radical (unpaired) electrons.